The SMILES string of the molecule is Cc1ccc(F)cc1OCc1ccc(B(O)O)cc1F. The molecule has 0 aromatic heterocycles. The Kier molecular flexibility index (Phi) is 4.37. The van der Waals surface area contributed by atoms with E-state index in [1.54, 1.807) is 13.0 Å². The van der Waals surface area contributed by atoms with Crippen LogP contribution in [0.1, 0.15) is 11.1 Å². The van der Waals surface area contributed by atoms with Gasteiger partial charge in [0.25, 0.3) is 0 Å². The Balaban J connectivity index is 2.13. The molecule has 0 saturated carbocycles. The number of halogens is 2. The van der Waals surface area contributed by atoms with E-state index < -0.39 is 18.8 Å². The van der Waals surface area contributed by atoms with E-state index in [1.807, 2.05) is 0 Å². The molecular formula is C14H13BF2O3. The van der Waals surface area contributed by atoms with Crippen molar-refractivity contribution in [3.8, 4) is 5.75 Å². The minimum atomic E-state index is -1.72. The lowest BCUT2D eigenvalue weighted by Crippen LogP contribution is -2.30. The number of benzene rings is 2. The third-order valence-electron chi connectivity index (χ3n) is 2.91. The minimum Gasteiger partial charge on any atom is -0.488 e. The molecule has 0 amide bonds. The Morgan fingerprint density at radius 1 is 1.10 bits per heavy atom. The fraction of sp³-hybridized carbons (Fsp3) is 0.143. The zero-order chi connectivity index (χ0) is 14.7. The van der Waals surface area contributed by atoms with Gasteiger partial charge in [-0.25, -0.2) is 8.78 Å². The highest BCUT2D eigenvalue weighted by atomic mass is 19.1. The van der Waals surface area contributed by atoms with E-state index in [-0.39, 0.29) is 17.6 Å². The summed E-state index contributed by atoms with van der Waals surface area (Å²) >= 11 is 0. The Labute approximate surface area is 115 Å². The van der Waals surface area contributed by atoms with E-state index in [0.717, 1.165) is 11.6 Å². The smallest absolute Gasteiger partial charge is 0.488 e. The number of rotatable bonds is 4. The summed E-state index contributed by atoms with van der Waals surface area (Å²) in [5, 5.41) is 17.9. The van der Waals surface area contributed by atoms with Crippen LogP contribution in [-0.4, -0.2) is 17.2 Å². The van der Waals surface area contributed by atoms with Crippen molar-refractivity contribution in [2.75, 3.05) is 0 Å². The second-order valence-corrected chi connectivity index (χ2v) is 4.42. The van der Waals surface area contributed by atoms with E-state index in [4.69, 9.17) is 14.8 Å². The van der Waals surface area contributed by atoms with Crippen molar-refractivity contribution >= 4 is 12.6 Å². The van der Waals surface area contributed by atoms with Gasteiger partial charge in [0.15, 0.2) is 0 Å². The van der Waals surface area contributed by atoms with Gasteiger partial charge >= 0.3 is 7.12 Å². The first-order valence-corrected chi connectivity index (χ1v) is 6.01. The molecule has 2 aromatic carbocycles. The van der Waals surface area contributed by atoms with Crippen molar-refractivity contribution in [3.05, 3.63) is 59.2 Å². The van der Waals surface area contributed by atoms with Crippen LogP contribution in [0, 0.1) is 18.6 Å². The van der Waals surface area contributed by atoms with Crippen molar-refractivity contribution in [1.82, 2.24) is 0 Å². The first-order valence-electron chi connectivity index (χ1n) is 6.01. The van der Waals surface area contributed by atoms with Crippen molar-refractivity contribution in [1.29, 1.82) is 0 Å². The standard InChI is InChI=1S/C14H13BF2O3/c1-9-2-5-12(16)7-14(9)20-8-10-3-4-11(15(18)19)6-13(10)17/h2-7,18-19H,8H2,1H3. The van der Waals surface area contributed by atoms with Gasteiger partial charge in [0, 0.05) is 11.6 Å². The van der Waals surface area contributed by atoms with Crippen LogP contribution < -0.4 is 10.2 Å². The molecule has 3 nitrogen and oxygen atoms in total. The number of hydrogen-bond donors (Lipinski definition) is 2. The molecular weight excluding hydrogens is 265 g/mol. The molecule has 0 fully saturated rings. The van der Waals surface area contributed by atoms with Crippen molar-refractivity contribution in [2.45, 2.75) is 13.5 Å². The molecule has 2 aromatic rings. The molecule has 0 bridgehead atoms. The molecule has 6 heteroatoms. The molecule has 2 rings (SSSR count). The van der Waals surface area contributed by atoms with Gasteiger partial charge in [0.05, 0.1) is 0 Å². The van der Waals surface area contributed by atoms with Crippen LogP contribution >= 0.6 is 0 Å². The lowest BCUT2D eigenvalue weighted by Gasteiger charge is -2.10. The van der Waals surface area contributed by atoms with E-state index in [2.05, 4.69) is 0 Å². The Morgan fingerprint density at radius 3 is 2.50 bits per heavy atom. The molecule has 0 aliphatic rings. The van der Waals surface area contributed by atoms with Gasteiger partial charge in [0.1, 0.15) is 24.0 Å². The second kappa shape index (κ2) is 6.03. The summed E-state index contributed by atoms with van der Waals surface area (Å²) in [6, 6.07) is 7.96. The lowest BCUT2D eigenvalue weighted by molar-refractivity contribution is 0.296. The Morgan fingerprint density at radius 2 is 1.85 bits per heavy atom. The number of hydrogen-bond acceptors (Lipinski definition) is 3. The predicted molar refractivity (Wildman–Crippen MR) is 71.7 cm³/mol. The Bertz CT molecular complexity index is 617. The summed E-state index contributed by atoms with van der Waals surface area (Å²) in [7, 11) is -1.72. The van der Waals surface area contributed by atoms with Crippen LogP contribution in [0.2, 0.25) is 0 Å². The molecule has 104 valence electrons. The largest absolute Gasteiger partial charge is 0.488 e. The minimum absolute atomic E-state index is 0.0631. The molecule has 0 radical (unpaired) electrons. The highest BCUT2D eigenvalue weighted by molar-refractivity contribution is 6.58. The zero-order valence-corrected chi connectivity index (χ0v) is 10.8. The quantitative estimate of drug-likeness (QED) is 0.834. The lowest BCUT2D eigenvalue weighted by atomic mass is 9.80. The van der Waals surface area contributed by atoms with Crippen LogP contribution in [0.4, 0.5) is 8.78 Å². The second-order valence-electron chi connectivity index (χ2n) is 4.42. The van der Waals surface area contributed by atoms with Crippen LogP contribution in [0.25, 0.3) is 0 Å². The van der Waals surface area contributed by atoms with Crippen LogP contribution in [0.3, 0.4) is 0 Å². The molecule has 0 aliphatic carbocycles. The van der Waals surface area contributed by atoms with Gasteiger partial charge in [-0.1, -0.05) is 18.2 Å². The molecule has 0 spiro atoms. The zero-order valence-electron chi connectivity index (χ0n) is 10.8. The summed E-state index contributed by atoms with van der Waals surface area (Å²) in [6.45, 7) is 1.69. The van der Waals surface area contributed by atoms with Crippen molar-refractivity contribution < 1.29 is 23.6 Å². The van der Waals surface area contributed by atoms with Gasteiger partial charge in [-0.2, -0.15) is 0 Å². The predicted octanol–water partition coefficient (Wildman–Crippen LogP) is 1.53. The highest BCUT2D eigenvalue weighted by Gasteiger charge is 2.14. The van der Waals surface area contributed by atoms with Gasteiger partial charge in [-0.15, -0.1) is 0 Å². The molecule has 2 N–H and O–H groups in total. The summed E-state index contributed by atoms with van der Waals surface area (Å²) in [4.78, 5) is 0. The topological polar surface area (TPSA) is 49.7 Å². The third-order valence-corrected chi connectivity index (χ3v) is 2.91. The van der Waals surface area contributed by atoms with Crippen LogP contribution in [-0.2, 0) is 6.61 Å². The summed E-state index contributed by atoms with van der Waals surface area (Å²) in [5.41, 5.74) is 1.06. The maximum absolute atomic E-state index is 13.7. The van der Waals surface area contributed by atoms with Gasteiger partial charge in [-0.05, 0) is 30.1 Å². The van der Waals surface area contributed by atoms with Crippen molar-refractivity contribution in [2.24, 2.45) is 0 Å². The molecule has 20 heavy (non-hydrogen) atoms. The van der Waals surface area contributed by atoms with Crippen LogP contribution in [0.5, 0.6) is 5.75 Å². The van der Waals surface area contributed by atoms with Gasteiger partial charge < -0.3 is 14.8 Å². The highest BCUT2D eigenvalue weighted by Crippen LogP contribution is 2.20. The average molecular weight is 278 g/mol. The van der Waals surface area contributed by atoms with Crippen LogP contribution in [0.15, 0.2) is 36.4 Å². The van der Waals surface area contributed by atoms with E-state index in [9.17, 15) is 8.78 Å². The summed E-state index contributed by atoms with van der Waals surface area (Å²) in [6.07, 6.45) is 0. The number of aryl methyl sites for hydroxylation is 1. The maximum Gasteiger partial charge on any atom is 0.488 e. The fourth-order valence-electron chi connectivity index (χ4n) is 1.73. The first kappa shape index (κ1) is 14.5. The first-order chi connectivity index (χ1) is 9.47. The molecule has 0 atom stereocenters. The average Bonchev–Trinajstić information content (AvgIpc) is 2.40. The van der Waals surface area contributed by atoms with Gasteiger partial charge in [0.2, 0.25) is 0 Å². The fourth-order valence-corrected chi connectivity index (χ4v) is 1.73. The normalized spacial score (nSPS) is 10.4. The number of ether oxygens (including phenoxy) is 1. The van der Waals surface area contributed by atoms with E-state index in [1.165, 1.54) is 24.3 Å². The molecule has 0 unspecified atom stereocenters. The summed E-state index contributed by atoms with van der Waals surface area (Å²) < 4.78 is 32.2. The molecule has 0 heterocycles. The van der Waals surface area contributed by atoms with E-state index in [0.29, 0.717) is 5.75 Å². The molecule has 0 aliphatic heterocycles. The summed E-state index contributed by atoms with van der Waals surface area (Å²) in [5.74, 6) is -0.690. The maximum atomic E-state index is 13.7. The molecule has 0 saturated heterocycles. The Hall–Kier alpha value is -1.92. The van der Waals surface area contributed by atoms with Gasteiger partial charge in [-0.3, -0.25) is 0 Å². The monoisotopic (exact) mass is 278 g/mol. The van der Waals surface area contributed by atoms with E-state index >= 15 is 0 Å². The third kappa shape index (κ3) is 3.34. The van der Waals surface area contributed by atoms with Crippen molar-refractivity contribution in [3.63, 3.8) is 0 Å².